The van der Waals surface area contributed by atoms with Gasteiger partial charge in [-0.3, -0.25) is 19.7 Å². The number of hydrogen-bond donors (Lipinski definition) is 3. The van der Waals surface area contributed by atoms with E-state index in [2.05, 4.69) is 15.8 Å². The van der Waals surface area contributed by atoms with Gasteiger partial charge in [-0.15, -0.1) is 0 Å². The number of non-ortho nitro benzene ring substituents is 1. The van der Waals surface area contributed by atoms with Gasteiger partial charge in [-0.05, 0) is 30.3 Å². The SMILES string of the molecule is CC(=O)Nc1ccc(C(=O)N/N=C/c2cc([N+](=O)[O-])ccc2O)cc1. The van der Waals surface area contributed by atoms with Crippen molar-refractivity contribution in [1.29, 1.82) is 0 Å². The minimum atomic E-state index is -0.605. The van der Waals surface area contributed by atoms with Gasteiger partial charge in [0.05, 0.1) is 11.1 Å². The number of hydrogen-bond acceptors (Lipinski definition) is 6. The van der Waals surface area contributed by atoms with Crippen molar-refractivity contribution >= 4 is 29.4 Å². The number of nitro groups is 1. The molecule has 2 rings (SSSR count). The molecule has 0 spiro atoms. The van der Waals surface area contributed by atoms with Crippen LogP contribution in [0.2, 0.25) is 0 Å². The minimum Gasteiger partial charge on any atom is -0.507 e. The van der Waals surface area contributed by atoms with Gasteiger partial charge in [-0.1, -0.05) is 0 Å². The number of anilines is 1. The molecule has 3 N–H and O–H groups in total. The molecular weight excluding hydrogens is 328 g/mol. The number of nitro benzene ring substituents is 1. The third-order valence-electron chi connectivity index (χ3n) is 3.06. The van der Waals surface area contributed by atoms with Gasteiger partial charge in [0.15, 0.2) is 0 Å². The monoisotopic (exact) mass is 342 g/mol. The van der Waals surface area contributed by atoms with Crippen molar-refractivity contribution in [2.24, 2.45) is 5.10 Å². The maximum absolute atomic E-state index is 11.9. The summed E-state index contributed by atoms with van der Waals surface area (Å²) >= 11 is 0. The normalized spacial score (nSPS) is 10.4. The van der Waals surface area contributed by atoms with Crippen molar-refractivity contribution in [2.75, 3.05) is 5.32 Å². The predicted octanol–water partition coefficient (Wildman–Crippen LogP) is 2.02. The molecule has 0 radical (unpaired) electrons. The average Bonchev–Trinajstić information content (AvgIpc) is 2.56. The van der Waals surface area contributed by atoms with Crippen LogP contribution in [-0.4, -0.2) is 28.1 Å². The molecule has 2 aromatic carbocycles. The highest BCUT2D eigenvalue weighted by Crippen LogP contribution is 2.21. The fraction of sp³-hybridized carbons (Fsp3) is 0.0625. The molecule has 0 unspecified atom stereocenters. The van der Waals surface area contributed by atoms with Crippen LogP contribution in [-0.2, 0) is 4.79 Å². The van der Waals surface area contributed by atoms with Crippen LogP contribution in [0.1, 0.15) is 22.8 Å². The highest BCUT2D eigenvalue weighted by Gasteiger charge is 2.09. The molecule has 0 heterocycles. The molecule has 0 aliphatic heterocycles. The summed E-state index contributed by atoms with van der Waals surface area (Å²) in [7, 11) is 0. The number of phenolic OH excluding ortho intramolecular Hbond substituents is 1. The van der Waals surface area contributed by atoms with Crippen LogP contribution < -0.4 is 10.7 Å². The Bertz CT molecular complexity index is 846. The highest BCUT2D eigenvalue weighted by molar-refractivity contribution is 5.96. The molecule has 2 aromatic rings. The Morgan fingerprint density at radius 3 is 2.48 bits per heavy atom. The van der Waals surface area contributed by atoms with Crippen LogP contribution in [0, 0.1) is 10.1 Å². The van der Waals surface area contributed by atoms with Gasteiger partial charge in [-0.25, -0.2) is 5.43 Å². The molecule has 0 saturated heterocycles. The number of nitrogens with zero attached hydrogens (tertiary/aromatic N) is 2. The van der Waals surface area contributed by atoms with E-state index in [1.54, 1.807) is 12.1 Å². The zero-order chi connectivity index (χ0) is 18.4. The van der Waals surface area contributed by atoms with E-state index in [-0.39, 0.29) is 22.9 Å². The first kappa shape index (κ1) is 17.6. The highest BCUT2D eigenvalue weighted by atomic mass is 16.6. The predicted molar refractivity (Wildman–Crippen MR) is 90.6 cm³/mol. The average molecular weight is 342 g/mol. The first-order chi connectivity index (χ1) is 11.9. The topological polar surface area (TPSA) is 134 Å². The lowest BCUT2D eigenvalue weighted by Gasteiger charge is -2.04. The third kappa shape index (κ3) is 4.86. The molecule has 128 valence electrons. The Morgan fingerprint density at radius 1 is 1.20 bits per heavy atom. The van der Waals surface area contributed by atoms with Crippen molar-refractivity contribution in [1.82, 2.24) is 5.43 Å². The van der Waals surface area contributed by atoms with Crippen molar-refractivity contribution < 1.29 is 19.6 Å². The zero-order valence-electron chi connectivity index (χ0n) is 13.1. The van der Waals surface area contributed by atoms with Gasteiger partial charge < -0.3 is 10.4 Å². The van der Waals surface area contributed by atoms with E-state index in [0.29, 0.717) is 11.3 Å². The standard InChI is InChI=1S/C16H14N4O5/c1-10(21)18-13-4-2-11(3-5-13)16(23)19-17-9-12-8-14(20(24)25)6-7-15(12)22/h2-9,22H,1H3,(H,18,21)(H,19,23)/b17-9+. The van der Waals surface area contributed by atoms with Gasteiger partial charge in [0.2, 0.25) is 5.91 Å². The number of hydrazone groups is 1. The fourth-order valence-electron chi connectivity index (χ4n) is 1.89. The van der Waals surface area contributed by atoms with E-state index < -0.39 is 10.8 Å². The van der Waals surface area contributed by atoms with Gasteiger partial charge >= 0.3 is 0 Å². The van der Waals surface area contributed by atoms with E-state index in [1.807, 2.05) is 0 Å². The smallest absolute Gasteiger partial charge is 0.271 e. The van der Waals surface area contributed by atoms with Crippen LogP contribution in [0.4, 0.5) is 11.4 Å². The van der Waals surface area contributed by atoms with Gasteiger partial charge in [0.25, 0.3) is 11.6 Å². The van der Waals surface area contributed by atoms with Gasteiger partial charge in [-0.2, -0.15) is 5.10 Å². The summed E-state index contributed by atoms with van der Waals surface area (Å²) in [5.41, 5.74) is 2.98. The lowest BCUT2D eigenvalue weighted by Crippen LogP contribution is -2.17. The van der Waals surface area contributed by atoms with Crippen molar-refractivity contribution in [3.05, 3.63) is 63.7 Å². The Hall–Kier alpha value is -3.75. The van der Waals surface area contributed by atoms with E-state index in [4.69, 9.17) is 0 Å². The summed E-state index contributed by atoms with van der Waals surface area (Å²) in [6, 6.07) is 9.58. The number of carbonyl (C=O) groups is 2. The molecule has 0 bridgehead atoms. The van der Waals surface area contributed by atoms with Gasteiger partial charge in [0.1, 0.15) is 5.75 Å². The Balaban J connectivity index is 2.04. The van der Waals surface area contributed by atoms with E-state index in [1.165, 1.54) is 25.1 Å². The fourth-order valence-corrected chi connectivity index (χ4v) is 1.89. The number of amides is 2. The Morgan fingerprint density at radius 2 is 1.88 bits per heavy atom. The molecule has 25 heavy (non-hydrogen) atoms. The largest absolute Gasteiger partial charge is 0.507 e. The van der Waals surface area contributed by atoms with Crippen LogP contribution in [0.3, 0.4) is 0 Å². The summed E-state index contributed by atoms with van der Waals surface area (Å²) < 4.78 is 0. The van der Waals surface area contributed by atoms with Crippen molar-refractivity contribution in [3.8, 4) is 5.75 Å². The summed E-state index contributed by atoms with van der Waals surface area (Å²) in [6.07, 6.45) is 1.10. The number of nitrogens with one attached hydrogen (secondary N) is 2. The van der Waals surface area contributed by atoms with Gasteiger partial charge in [0, 0.05) is 35.9 Å². The second-order valence-corrected chi connectivity index (χ2v) is 4.96. The summed E-state index contributed by atoms with van der Waals surface area (Å²) in [6.45, 7) is 1.37. The van der Waals surface area contributed by atoms with E-state index >= 15 is 0 Å². The second-order valence-electron chi connectivity index (χ2n) is 4.96. The number of aromatic hydroxyl groups is 1. The van der Waals surface area contributed by atoms with E-state index in [0.717, 1.165) is 18.3 Å². The third-order valence-corrected chi connectivity index (χ3v) is 3.06. The van der Waals surface area contributed by atoms with Crippen molar-refractivity contribution in [2.45, 2.75) is 6.92 Å². The van der Waals surface area contributed by atoms with E-state index in [9.17, 15) is 24.8 Å². The lowest BCUT2D eigenvalue weighted by atomic mass is 10.2. The molecule has 0 atom stereocenters. The summed E-state index contributed by atoms with van der Waals surface area (Å²) in [4.78, 5) is 33.0. The Labute approximate surface area is 142 Å². The van der Waals surface area contributed by atoms with Crippen LogP contribution in [0.25, 0.3) is 0 Å². The first-order valence-electron chi connectivity index (χ1n) is 7.05. The lowest BCUT2D eigenvalue weighted by molar-refractivity contribution is -0.384. The molecule has 0 aromatic heterocycles. The number of carbonyl (C=O) groups excluding carboxylic acids is 2. The maximum atomic E-state index is 11.9. The maximum Gasteiger partial charge on any atom is 0.271 e. The van der Waals surface area contributed by atoms with Crippen LogP contribution >= 0.6 is 0 Å². The molecular formula is C16H14N4O5. The molecule has 0 aliphatic carbocycles. The second kappa shape index (κ2) is 7.68. The molecule has 0 aliphatic rings. The molecule has 0 fully saturated rings. The van der Waals surface area contributed by atoms with Crippen LogP contribution in [0.15, 0.2) is 47.6 Å². The number of phenols is 1. The van der Waals surface area contributed by atoms with Crippen molar-refractivity contribution in [3.63, 3.8) is 0 Å². The van der Waals surface area contributed by atoms with Crippen LogP contribution in [0.5, 0.6) is 5.75 Å². The number of benzene rings is 2. The summed E-state index contributed by atoms with van der Waals surface area (Å²) in [5, 5.41) is 26.6. The first-order valence-corrected chi connectivity index (χ1v) is 7.05. The summed E-state index contributed by atoms with van der Waals surface area (Å²) in [5.74, 6) is -0.947. The zero-order valence-corrected chi connectivity index (χ0v) is 13.1. The molecule has 9 heteroatoms. The molecule has 9 nitrogen and oxygen atoms in total. The quantitative estimate of drug-likeness (QED) is 0.434. The number of rotatable bonds is 5. The Kier molecular flexibility index (Phi) is 5.41. The molecule has 2 amide bonds. The molecule has 0 saturated carbocycles. The minimum absolute atomic E-state index is 0.0931.